The van der Waals surface area contributed by atoms with E-state index < -0.39 is 0 Å². The van der Waals surface area contributed by atoms with Crippen LogP contribution < -0.4 is 5.73 Å². The molecule has 7 heteroatoms. The minimum atomic E-state index is -0.352. The molecule has 0 saturated heterocycles. The van der Waals surface area contributed by atoms with E-state index >= 15 is 0 Å². The van der Waals surface area contributed by atoms with E-state index in [1.807, 2.05) is 30.3 Å². The Kier molecular flexibility index (Phi) is 3.82. The summed E-state index contributed by atoms with van der Waals surface area (Å²) >= 11 is 6.16. The molecular formula is C18H13ClFN5. The number of hydrogen-bond acceptors (Lipinski definition) is 4. The number of fused-ring (bicyclic) bond motifs is 1. The molecule has 2 heterocycles. The molecule has 0 unspecified atom stereocenters. The Bertz CT molecular complexity index is 1060. The number of nitrogen functional groups attached to an aromatic ring is 1. The Morgan fingerprint density at radius 2 is 1.88 bits per heavy atom. The summed E-state index contributed by atoms with van der Waals surface area (Å²) in [7, 11) is 0. The van der Waals surface area contributed by atoms with Crippen LogP contribution >= 0.6 is 11.6 Å². The lowest BCUT2D eigenvalue weighted by Crippen LogP contribution is -2.05. The number of nitrogens with two attached hydrogens (primary N) is 1. The van der Waals surface area contributed by atoms with Crippen molar-refractivity contribution in [3.63, 3.8) is 0 Å². The van der Waals surface area contributed by atoms with Crippen molar-refractivity contribution in [3.05, 3.63) is 71.1 Å². The van der Waals surface area contributed by atoms with Crippen LogP contribution in [-0.2, 0) is 6.54 Å². The standard InChI is InChI=1S/C18H13ClFN5/c19-15-7-6-13(20)8-12(15)10-25-18-14(9-22-25)16(21)23-17(24-18)11-4-2-1-3-5-11/h1-9H,10H2,(H2,21,23,24). The first kappa shape index (κ1) is 15.5. The highest BCUT2D eigenvalue weighted by Crippen LogP contribution is 2.25. The Balaban J connectivity index is 1.82. The summed E-state index contributed by atoms with van der Waals surface area (Å²) in [5.41, 5.74) is 8.11. The lowest BCUT2D eigenvalue weighted by molar-refractivity contribution is 0.620. The van der Waals surface area contributed by atoms with Crippen LogP contribution in [0.25, 0.3) is 22.4 Å². The van der Waals surface area contributed by atoms with Crippen LogP contribution in [0.3, 0.4) is 0 Å². The fraction of sp³-hybridized carbons (Fsp3) is 0.0556. The normalized spacial score (nSPS) is 11.1. The molecule has 0 saturated carbocycles. The van der Waals surface area contributed by atoms with E-state index in [9.17, 15) is 4.39 Å². The monoisotopic (exact) mass is 353 g/mol. The van der Waals surface area contributed by atoms with Crippen LogP contribution in [0, 0.1) is 5.82 Å². The summed E-state index contributed by atoms with van der Waals surface area (Å²) in [6, 6.07) is 13.8. The highest BCUT2D eigenvalue weighted by Gasteiger charge is 2.13. The van der Waals surface area contributed by atoms with E-state index in [1.54, 1.807) is 10.9 Å². The van der Waals surface area contributed by atoms with Gasteiger partial charge in [-0.2, -0.15) is 5.10 Å². The molecule has 0 fully saturated rings. The van der Waals surface area contributed by atoms with Crippen LogP contribution in [0.2, 0.25) is 5.02 Å². The molecule has 0 amide bonds. The Morgan fingerprint density at radius 3 is 2.68 bits per heavy atom. The molecule has 2 N–H and O–H groups in total. The lowest BCUT2D eigenvalue weighted by atomic mass is 10.2. The van der Waals surface area contributed by atoms with E-state index in [1.165, 1.54) is 18.2 Å². The Morgan fingerprint density at radius 1 is 1.08 bits per heavy atom. The highest BCUT2D eigenvalue weighted by molar-refractivity contribution is 6.31. The van der Waals surface area contributed by atoms with Crippen LogP contribution in [0.5, 0.6) is 0 Å². The molecule has 4 aromatic rings. The molecule has 2 aromatic heterocycles. The maximum Gasteiger partial charge on any atom is 0.164 e. The summed E-state index contributed by atoms with van der Waals surface area (Å²) in [5, 5.41) is 5.42. The van der Waals surface area contributed by atoms with Crippen LogP contribution in [-0.4, -0.2) is 19.7 Å². The van der Waals surface area contributed by atoms with Gasteiger partial charge in [0.05, 0.1) is 18.1 Å². The van der Waals surface area contributed by atoms with Crippen molar-refractivity contribution in [2.75, 3.05) is 5.73 Å². The number of rotatable bonds is 3. The molecule has 0 radical (unpaired) electrons. The van der Waals surface area contributed by atoms with Crippen molar-refractivity contribution in [2.45, 2.75) is 6.54 Å². The van der Waals surface area contributed by atoms with Crippen molar-refractivity contribution in [2.24, 2.45) is 0 Å². The topological polar surface area (TPSA) is 69.6 Å². The first-order chi connectivity index (χ1) is 12.1. The third-order valence-corrected chi connectivity index (χ3v) is 4.25. The molecule has 0 aliphatic rings. The minimum Gasteiger partial charge on any atom is -0.383 e. The number of hydrogen-bond donors (Lipinski definition) is 1. The van der Waals surface area contributed by atoms with Crippen molar-refractivity contribution >= 4 is 28.5 Å². The molecule has 0 aliphatic heterocycles. The quantitative estimate of drug-likeness (QED) is 0.606. The summed E-state index contributed by atoms with van der Waals surface area (Å²) in [6.07, 6.45) is 1.60. The predicted molar refractivity (Wildman–Crippen MR) is 95.7 cm³/mol. The van der Waals surface area contributed by atoms with Crippen LogP contribution in [0.1, 0.15) is 5.56 Å². The van der Waals surface area contributed by atoms with Crippen molar-refractivity contribution in [1.29, 1.82) is 0 Å². The second kappa shape index (κ2) is 6.14. The summed E-state index contributed by atoms with van der Waals surface area (Å²) in [6.45, 7) is 0.283. The molecule has 0 aliphatic carbocycles. The van der Waals surface area contributed by atoms with E-state index in [-0.39, 0.29) is 12.4 Å². The molecule has 0 bridgehead atoms. The Labute approximate surface area is 147 Å². The molecular weight excluding hydrogens is 341 g/mol. The second-order valence-electron chi connectivity index (χ2n) is 5.57. The van der Waals surface area contributed by atoms with Gasteiger partial charge in [-0.3, -0.25) is 0 Å². The largest absolute Gasteiger partial charge is 0.383 e. The van der Waals surface area contributed by atoms with E-state index in [0.29, 0.717) is 33.3 Å². The number of aromatic nitrogens is 4. The van der Waals surface area contributed by atoms with Gasteiger partial charge in [0.15, 0.2) is 11.5 Å². The molecule has 0 spiro atoms. The first-order valence-corrected chi connectivity index (χ1v) is 7.98. The zero-order valence-electron chi connectivity index (χ0n) is 13.0. The zero-order valence-corrected chi connectivity index (χ0v) is 13.8. The lowest BCUT2D eigenvalue weighted by Gasteiger charge is -2.07. The van der Waals surface area contributed by atoms with Gasteiger partial charge in [-0.25, -0.2) is 19.0 Å². The predicted octanol–water partition coefficient (Wildman–Crippen LogP) is 3.92. The van der Waals surface area contributed by atoms with Crippen LogP contribution in [0.15, 0.2) is 54.7 Å². The first-order valence-electron chi connectivity index (χ1n) is 7.60. The fourth-order valence-electron chi connectivity index (χ4n) is 2.64. The van der Waals surface area contributed by atoms with Crippen molar-refractivity contribution < 1.29 is 4.39 Å². The number of anilines is 1. The van der Waals surface area contributed by atoms with Gasteiger partial charge < -0.3 is 5.73 Å². The van der Waals surface area contributed by atoms with Gasteiger partial charge in [-0.15, -0.1) is 0 Å². The van der Waals surface area contributed by atoms with Gasteiger partial charge in [0.1, 0.15) is 11.6 Å². The zero-order chi connectivity index (χ0) is 17.4. The molecule has 0 atom stereocenters. The third kappa shape index (κ3) is 2.92. The van der Waals surface area contributed by atoms with Gasteiger partial charge in [0.25, 0.3) is 0 Å². The average molecular weight is 354 g/mol. The summed E-state index contributed by atoms with van der Waals surface area (Å²) in [4.78, 5) is 8.94. The summed E-state index contributed by atoms with van der Waals surface area (Å²) < 4.78 is 15.1. The fourth-order valence-corrected chi connectivity index (χ4v) is 2.81. The molecule has 2 aromatic carbocycles. The summed E-state index contributed by atoms with van der Waals surface area (Å²) in [5.74, 6) is 0.508. The smallest absolute Gasteiger partial charge is 0.164 e. The van der Waals surface area contributed by atoms with Crippen molar-refractivity contribution in [3.8, 4) is 11.4 Å². The molecule has 124 valence electrons. The number of nitrogens with zero attached hydrogens (tertiary/aromatic N) is 4. The molecule has 4 rings (SSSR count). The van der Waals surface area contributed by atoms with Crippen LogP contribution in [0.4, 0.5) is 10.2 Å². The highest BCUT2D eigenvalue weighted by atomic mass is 35.5. The third-order valence-electron chi connectivity index (χ3n) is 3.89. The SMILES string of the molecule is Nc1nc(-c2ccccc2)nc2c1cnn2Cc1cc(F)ccc1Cl. The minimum absolute atomic E-state index is 0.283. The number of benzene rings is 2. The average Bonchev–Trinajstić information content (AvgIpc) is 3.02. The molecule has 5 nitrogen and oxygen atoms in total. The molecule has 25 heavy (non-hydrogen) atoms. The van der Waals surface area contributed by atoms with Gasteiger partial charge in [-0.05, 0) is 23.8 Å². The van der Waals surface area contributed by atoms with E-state index in [4.69, 9.17) is 17.3 Å². The van der Waals surface area contributed by atoms with E-state index in [0.717, 1.165) is 5.56 Å². The van der Waals surface area contributed by atoms with Crippen molar-refractivity contribution in [1.82, 2.24) is 19.7 Å². The Hall–Kier alpha value is -2.99. The van der Waals surface area contributed by atoms with Gasteiger partial charge >= 0.3 is 0 Å². The van der Waals surface area contributed by atoms with Gasteiger partial charge in [0, 0.05) is 10.6 Å². The van der Waals surface area contributed by atoms with Gasteiger partial charge in [0.2, 0.25) is 0 Å². The number of halogens is 2. The maximum absolute atomic E-state index is 13.5. The second-order valence-corrected chi connectivity index (χ2v) is 5.98. The van der Waals surface area contributed by atoms with E-state index in [2.05, 4.69) is 15.1 Å². The maximum atomic E-state index is 13.5. The van der Waals surface area contributed by atoms with Gasteiger partial charge in [-0.1, -0.05) is 41.9 Å².